The van der Waals surface area contributed by atoms with E-state index < -0.39 is 0 Å². The minimum absolute atomic E-state index is 0.254. The Morgan fingerprint density at radius 2 is 2.00 bits per heavy atom. The summed E-state index contributed by atoms with van der Waals surface area (Å²) < 4.78 is 0. The van der Waals surface area contributed by atoms with Crippen molar-refractivity contribution in [2.24, 2.45) is 5.73 Å². The molecule has 1 atom stereocenters. The van der Waals surface area contributed by atoms with Gasteiger partial charge in [0.25, 0.3) is 0 Å². The fourth-order valence-corrected chi connectivity index (χ4v) is 1.69. The smallest absolute Gasteiger partial charge is 0.0664 e. The van der Waals surface area contributed by atoms with Crippen molar-refractivity contribution < 1.29 is 5.11 Å². The number of aliphatic hydroxyl groups excluding tert-OH is 1. The summed E-state index contributed by atoms with van der Waals surface area (Å²) in [4.78, 5) is 2.20. The highest BCUT2D eigenvalue weighted by molar-refractivity contribution is 5.14. The summed E-state index contributed by atoms with van der Waals surface area (Å²) in [5.74, 6) is 0. The van der Waals surface area contributed by atoms with Gasteiger partial charge in [0.2, 0.25) is 0 Å². The summed E-state index contributed by atoms with van der Waals surface area (Å²) in [7, 11) is 0. The molecule has 1 rings (SSSR count). The molecule has 3 N–H and O–H groups in total. The summed E-state index contributed by atoms with van der Waals surface area (Å²) in [5.41, 5.74) is 6.84. The minimum atomic E-state index is -0.254. The Kier molecular flexibility index (Phi) is 6.08. The maximum atomic E-state index is 9.65. The van der Waals surface area contributed by atoms with Crippen LogP contribution in [-0.4, -0.2) is 35.7 Å². The van der Waals surface area contributed by atoms with Crippen molar-refractivity contribution in [2.75, 3.05) is 19.6 Å². The van der Waals surface area contributed by atoms with Crippen molar-refractivity contribution in [2.45, 2.75) is 26.0 Å². The average Bonchev–Trinajstić information content (AvgIpc) is 2.30. The van der Waals surface area contributed by atoms with Crippen LogP contribution < -0.4 is 5.73 Å². The number of aliphatic hydroxyl groups is 1. The van der Waals surface area contributed by atoms with E-state index in [1.165, 1.54) is 5.56 Å². The second kappa shape index (κ2) is 7.39. The first kappa shape index (κ1) is 13.2. The normalized spacial score (nSPS) is 13.0. The van der Waals surface area contributed by atoms with Gasteiger partial charge in [-0.05, 0) is 12.0 Å². The maximum Gasteiger partial charge on any atom is 0.0664 e. The summed E-state index contributed by atoms with van der Waals surface area (Å²) in [6.07, 6.45) is 0.533. The summed E-state index contributed by atoms with van der Waals surface area (Å²) >= 11 is 0. The van der Waals surface area contributed by atoms with Gasteiger partial charge in [-0.15, -0.1) is 0 Å². The van der Waals surface area contributed by atoms with Gasteiger partial charge in [0.15, 0.2) is 0 Å². The lowest BCUT2D eigenvalue weighted by molar-refractivity contribution is 0.107. The number of benzene rings is 1. The quantitative estimate of drug-likeness (QED) is 0.729. The lowest BCUT2D eigenvalue weighted by Crippen LogP contribution is -2.35. The van der Waals surface area contributed by atoms with E-state index in [-0.39, 0.29) is 6.10 Å². The lowest BCUT2D eigenvalue weighted by Gasteiger charge is -2.24. The van der Waals surface area contributed by atoms with Crippen LogP contribution in [0, 0.1) is 0 Å². The first-order valence-electron chi connectivity index (χ1n) is 5.90. The molecule has 90 valence electrons. The van der Waals surface area contributed by atoms with Gasteiger partial charge in [-0.3, -0.25) is 4.90 Å². The van der Waals surface area contributed by atoms with Crippen molar-refractivity contribution in [1.29, 1.82) is 0 Å². The number of nitrogens with two attached hydrogens (primary N) is 1. The van der Waals surface area contributed by atoms with Crippen molar-refractivity contribution >= 4 is 0 Å². The Hall–Kier alpha value is -0.900. The van der Waals surface area contributed by atoms with E-state index in [0.29, 0.717) is 13.1 Å². The van der Waals surface area contributed by atoms with E-state index in [4.69, 9.17) is 5.73 Å². The minimum Gasteiger partial charge on any atom is -0.392 e. The third kappa shape index (κ3) is 4.75. The fraction of sp³-hybridized carbons (Fsp3) is 0.538. The first-order chi connectivity index (χ1) is 7.76. The van der Waals surface area contributed by atoms with E-state index in [0.717, 1.165) is 19.5 Å². The molecule has 0 saturated heterocycles. The molecule has 0 saturated carbocycles. The summed E-state index contributed by atoms with van der Waals surface area (Å²) in [6.45, 7) is 5.00. The van der Waals surface area contributed by atoms with E-state index in [2.05, 4.69) is 17.0 Å². The van der Waals surface area contributed by atoms with Crippen LogP contribution in [0.1, 0.15) is 18.9 Å². The molecule has 0 aliphatic carbocycles. The Balaban J connectivity index is 2.50. The highest BCUT2D eigenvalue weighted by atomic mass is 16.3. The molecule has 0 amide bonds. The highest BCUT2D eigenvalue weighted by Crippen LogP contribution is 2.05. The predicted molar refractivity (Wildman–Crippen MR) is 67.1 cm³/mol. The van der Waals surface area contributed by atoms with Crippen molar-refractivity contribution in [3.63, 3.8) is 0 Å². The van der Waals surface area contributed by atoms with E-state index in [9.17, 15) is 5.11 Å². The standard InChI is InChI=1S/C13H22N2O/c1-2-13(16)11-15(9-8-14)10-12-6-4-3-5-7-12/h3-7,13,16H,2,8-11,14H2,1H3/t13-/m1/s1. The van der Waals surface area contributed by atoms with Crippen LogP contribution in [0.5, 0.6) is 0 Å². The molecule has 0 aromatic heterocycles. The number of hydrogen-bond acceptors (Lipinski definition) is 3. The molecule has 0 unspecified atom stereocenters. The van der Waals surface area contributed by atoms with Crippen LogP contribution in [0.2, 0.25) is 0 Å². The van der Waals surface area contributed by atoms with Gasteiger partial charge < -0.3 is 10.8 Å². The molecule has 0 heterocycles. The Morgan fingerprint density at radius 3 is 2.56 bits per heavy atom. The van der Waals surface area contributed by atoms with Gasteiger partial charge >= 0.3 is 0 Å². The zero-order valence-electron chi connectivity index (χ0n) is 9.97. The first-order valence-corrected chi connectivity index (χ1v) is 5.90. The van der Waals surface area contributed by atoms with Crippen LogP contribution in [0.3, 0.4) is 0 Å². The van der Waals surface area contributed by atoms with Crippen molar-refractivity contribution in [3.8, 4) is 0 Å². The van der Waals surface area contributed by atoms with Crippen LogP contribution >= 0.6 is 0 Å². The molecule has 16 heavy (non-hydrogen) atoms. The Labute approximate surface area is 97.9 Å². The largest absolute Gasteiger partial charge is 0.392 e. The fourth-order valence-electron chi connectivity index (χ4n) is 1.69. The van der Waals surface area contributed by atoms with Gasteiger partial charge in [0, 0.05) is 26.2 Å². The zero-order chi connectivity index (χ0) is 11.8. The van der Waals surface area contributed by atoms with Crippen LogP contribution in [-0.2, 0) is 6.54 Å². The van der Waals surface area contributed by atoms with Gasteiger partial charge in [-0.25, -0.2) is 0 Å². The number of nitrogens with zero attached hydrogens (tertiary/aromatic N) is 1. The van der Waals surface area contributed by atoms with E-state index >= 15 is 0 Å². The molecular weight excluding hydrogens is 200 g/mol. The predicted octanol–water partition coefficient (Wildman–Crippen LogP) is 1.22. The highest BCUT2D eigenvalue weighted by Gasteiger charge is 2.09. The van der Waals surface area contributed by atoms with E-state index in [1.54, 1.807) is 0 Å². The molecule has 0 spiro atoms. The third-order valence-electron chi connectivity index (χ3n) is 2.63. The summed E-state index contributed by atoms with van der Waals surface area (Å²) in [5, 5.41) is 9.65. The average molecular weight is 222 g/mol. The van der Waals surface area contributed by atoms with Crippen molar-refractivity contribution in [1.82, 2.24) is 4.90 Å². The monoisotopic (exact) mass is 222 g/mol. The molecule has 1 aromatic rings. The molecule has 0 aliphatic heterocycles. The number of hydrogen-bond donors (Lipinski definition) is 2. The molecule has 0 fully saturated rings. The zero-order valence-corrected chi connectivity index (χ0v) is 9.97. The molecule has 0 bridgehead atoms. The molecule has 3 heteroatoms. The molecular formula is C13H22N2O. The van der Waals surface area contributed by atoms with Crippen molar-refractivity contribution in [3.05, 3.63) is 35.9 Å². The van der Waals surface area contributed by atoms with Gasteiger partial charge in [-0.1, -0.05) is 37.3 Å². The lowest BCUT2D eigenvalue weighted by atomic mass is 10.2. The molecule has 0 aliphatic rings. The van der Waals surface area contributed by atoms with Crippen LogP contribution in [0.15, 0.2) is 30.3 Å². The number of rotatable bonds is 7. The molecule has 0 radical (unpaired) electrons. The summed E-state index contributed by atoms with van der Waals surface area (Å²) in [6, 6.07) is 10.3. The topological polar surface area (TPSA) is 49.5 Å². The SMILES string of the molecule is CC[C@@H](O)CN(CCN)Cc1ccccc1. The maximum absolute atomic E-state index is 9.65. The van der Waals surface area contributed by atoms with Gasteiger partial charge in [0.1, 0.15) is 0 Å². The second-order valence-electron chi connectivity index (χ2n) is 4.07. The third-order valence-corrected chi connectivity index (χ3v) is 2.63. The van der Waals surface area contributed by atoms with Crippen LogP contribution in [0.25, 0.3) is 0 Å². The van der Waals surface area contributed by atoms with Gasteiger partial charge in [-0.2, -0.15) is 0 Å². The van der Waals surface area contributed by atoms with E-state index in [1.807, 2.05) is 25.1 Å². The van der Waals surface area contributed by atoms with Crippen LogP contribution in [0.4, 0.5) is 0 Å². The molecule has 1 aromatic carbocycles. The Morgan fingerprint density at radius 1 is 1.31 bits per heavy atom. The Bertz CT molecular complexity index is 277. The molecule has 3 nitrogen and oxygen atoms in total. The van der Waals surface area contributed by atoms with Gasteiger partial charge in [0.05, 0.1) is 6.10 Å². The second-order valence-corrected chi connectivity index (χ2v) is 4.07.